The summed E-state index contributed by atoms with van der Waals surface area (Å²) < 4.78 is 5.39. The lowest BCUT2D eigenvalue weighted by Crippen LogP contribution is -2.35. The second-order valence-corrected chi connectivity index (χ2v) is 4.53. The van der Waals surface area contributed by atoms with E-state index in [1.807, 2.05) is 41.3 Å². The second-order valence-electron chi connectivity index (χ2n) is 4.53. The Kier molecular flexibility index (Phi) is 2.89. The van der Waals surface area contributed by atoms with Crippen LogP contribution in [-0.2, 0) is 4.79 Å². The van der Waals surface area contributed by atoms with Crippen molar-refractivity contribution in [1.82, 2.24) is 0 Å². The van der Waals surface area contributed by atoms with Crippen LogP contribution in [0.15, 0.2) is 47.1 Å². The molecular weight excluding hydrogens is 226 g/mol. The van der Waals surface area contributed by atoms with Gasteiger partial charge < -0.3 is 9.32 Å². The van der Waals surface area contributed by atoms with Gasteiger partial charge in [0.05, 0.1) is 6.26 Å². The lowest BCUT2D eigenvalue weighted by atomic mass is 10.1. The Morgan fingerprint density at radius 3 is 2.83 bits per heavy atom. The van der Waals surface area contributed by atoms with Crippen molar-refractivity contribution in [1.29, 1.82) is 0 Å². The molecule has 1 aromatic heterocycles. The van der Waals surface area contributed by atoms with Crippen LogP contribution >= 0.6 is 0 Å². The van der Waals surface area contributed by atoms with Gasteiger partial charge in [0.2, 0.25) is 5.91 Å². The number of furan rings is 1. The summed E-state index contributed by atoms with van der Waals surface area (Å²) in [5, 5.41) is 0. The van der Waals surface area contributed by atoms with Gasteiger partial charge in [-0.15, -0.1) is 0 Å². The lowest BCUT2D eigenvalue weighted by Gasteiger charge is -2.27. The van der Waals surface area contributed by atoms with E-state index in [1.54, 1.807) is 6.26 Å². The van der Waals surface area contributed by atoms with Crippen LogP contribution in [0.3, 0.4) is 0 Å². The van der Waals surface area contributed by atoms with E-state index in [0.29, 0.717) is 6.42 Å². The highest BCUT2D eigenvalue weighted by atomic mass is 16.3. The SMILES string of the molecule is O=C1CCCCN1c1cccc(-c2ccco2)c1. The average Bonchev–Trinajstić information content (AvgIpc) is 2.93. The zero-order valence-electron chi connectivity index (χ0n) is 10.1. The van der Waals surface area contributed by atoms with E-state index in [9.17, 15) is 4.79 Å². The van der Waals surface area contributed by atoms with E-state index in [4.69, 9.17) is 4.42 Å². The number of hydrogen-bond acceptors (Lipinski definition) is 2. The minimum absolute atomic E-state index is 0.220. The van der Waals surface area contributed by atoms with Crippen LogP contribution in [0.4, 0.5) is 5.69 Å². The van der Waals surface area contributed by atoms with Gasteiger partial charge in [0.25, 0.3) is 0 Å². The Hall–Kier alpha value is -2.03. The third-order valence-electron chi connectivity index (χ3n) is 3.29. The van der Waals surface area contributed by atoms with Gasteiger partial charge in [-0.3, -0.25) is 4.79 Å². The number of carbonyl (C=O) groups is 1. The highest BCUT2D eigenvalue weighted by Crippen LogP contribution is 2.27. The molecule has 92 valence electrons. The number of nitrogens with zero attached hydrogens (tertiary/aromatic N) is 1. The van der Waals surface area contributed by atoms with Crippen LogP contribution in [0.1, 0.15) is 19.3 Å². The highest BCUT2D eigenvalue weighted by molar-refractivity contribution is 5.94. The zero-order valence-corrected chi connectivity index (χ0v) is 10.1. The molecule has 1 amide bonds. The van der Waals surface area contributed by atoms with E-state index in [-0.39, 0.29) is 5.91 Å². The maximum absolute atomic E-state index is 11.9. The van der Waals surface area contributed by atoms with Gasteiger partial charge in [0, 0.05) is 24.2 Å². The Morgan fingerprint density at radius 2 is 2.06 bits per heavy atom. The van der Waals surface area contributed by atoms with Crippen LogP contribution in [0.25, 0.3) is 11.3 Å². The Bertz CT molecular complexity index is 545. The molecule has 3 nitrogen and oxygen atoms in total. The number of rotatable bonds is 2. The molecule has 3 rings (SSSR count). The average molecular weight is 241 g/mol. The van der Waals surface area contributed by atoms with Crippen LogP contribution < -0.4 is 4.90 Å². The van der Waals surface area contributed by atoms with Gasteiger partial charge in [-0.2, -0.15) is 0 Å². The van der Waals surface area contributed by atoms with E-state index in [1.165, 1.54) is 0 Å². The minimum atomic E-state index is 0.220. The summed E-state index contributed by atoms with van der Waals surface area (Å²) in [6, 6.07) is 11.8. The van der Waals surface area contributed by atoms with Gasteiger partial charge in [0.1, 0.15) is 5.76 Å². The van der Waals surface area contributed by atoms with Crippen LogP contribution in [-0.4, -0.2) is 12.5 Å². The van der Waals surface area contributed by atoms with Crippen molar-refractivity contribution in [2.24, 2.45) is 0 Å². The molecule has 1 saturated heterocycles. The predicted octanol–water partition coefficient (Wildman–Crippen LogP) is 3.46. The Morgan fingerprint density at radius 1 is 1.11 bits per heavy atom. The normalized spacial score (nSPS) is 16.0. The Balaban J connectivity index is 1.93. The lowest BCUT2D eigenvalue weighted by molar-refractivity contribution is -0.119. The first-order valence-corrected chi connectivity index (χ1v) is 6.29. The summed E-state index contributed by atoms with van der Waals surface area (Å²) in [5.74, 6) is 1.05. The maximum Gasteiger partial charge on any atom is 0.226 e. The van der Waals surface area contributed by atoms with Crippen molar-refractivity contribution < 1.29 is 9.21 Å². The smallest absolute Gasteiger partial charge is 0.226 e. The number of piperidine rings is 1. The van der Waals surface area contributed by atoms with Crippen molar-refractivity contribution in [3.8, 4) is 11.3 Å². The van der Waals surface area contributed by atoms with Crippen LogP contribution in [0.2, 0.25) is 0 Å². The van der Waals surface area contributed by atoms with Crippen LogP contribution in [0, 0.1) is 0 Å². The summed E-state index contributed by atoms with van der Waals surface area (Å²) in [5.41, 5.74) is 1.98. The molecule has 0 radical (unpaired) electrons. The molecule has 1 aliphatic rings. The molecule has 0 bridgehead atoms. The largest absolute Gasteiger partial charge is 0.464 e. The third-order valence-corrected chi connectivity index (χ3v) is 3.29. The summed E-state index contributed by atoms with van der Waals surface area (Å²) in [6.45, 7) is 0.820. The molecular formula is C15H15NO2. The first kappa shape index (κ1) is 11.1. The Labute approximate surface area is 106 Å². The number of benzene rings is 1. The molecule has 18 heavy (non-hydrogen) atoms. The topological polar surface area (TPSA) is 33.5 Å². The summed E-state index contributed by atoms with van der Waals surface area (Å²) in [4.78, 5) is 13.8. The van der Waals surface area contributed by atoms with E-state index in [0.717, 1.165) is 36.4 Å². The van der Waals surface area contributed by atoms with Crippen molar-refractivity contribution in [3.05, 3.63) is 42.7 Å². The maximum atomic E-state index is 11.9. The molecule has 0 N–H and O–H groups in total. The number of carbonyl (C=O) groups excluding carboxylic acids is 1. The summed E-state index contributed by atoms with van der Waals surface area (Å²) >= 11 is 0. The minimum Gasteiger partial charge on any atom is -0.464 e. The molecule has 0 saturated carbocycles. The molecule has 1 aliphatic heterocycles. The standard InChI is InChI=1S/C15H15NO2/c17-15-8-1-2-9-16(15)13-6-3-5-12(11-13)14-7-4-10-18-14/h3-7,10-11H,1-2,8-9H2. The molecule has 2 heterocycles. The molecule has 1 aromatic carbocycles. The molecule has 1 fully saturated rings. The monoisotopic (exact) mass is 241 g/mol. The number of amides is 1. The van der Waals surface area contributed by atoms with Gasteiger partial charge >= 0.3 is 0 Å². The van der Waals surface area contributed by atoms with Gasteiger partial charge in [-0.1, -0.05) is 12.1 Å². The molecule has 0 atom stereocenters. The van der Waals surface area contributed by atoms with Crippen LogP contribution in [0.5, 0.6) is 0 Å². The fraction of sp³-hybridized carbons (Fsp3) is 0.267. The molecule has 3 heteroatoms. The van der Waals surface area contributed by atoms with Gasteiger partial charge in [-0.05, 0) is 37.1 Å². The van der Waals surface area contributed by atoms with E-state index >= 15 is 0 Å². The van der Waals surface area contributed by atoms with Gasteiger partial charge in [-0.25, -0.2) is 0 Å². The molecule has 0 aliphatic carbocycles. The summed E-state index contributed by atoms with van der Waals surface area (Å²) in [7, 11) is 0. The molecule has 0 unspecified atom stereocenters. The van der Waals surface area contributed by atoms with Crippen molar-refractivity contribution in [3.63, 3.8) is 0 Å². The fourth-order valence-electron chi connectivity index (χ4n) is 2.35. The first-order valence-electron chi connectivity index (χ1n) is 6.29. The summed E-state index contributed by atoms with van der Waals surface area (Å²) in [6.07, 6.45) is 4.41. The molecule has 0 spiro atoms. The van der Waals surface area contributed by atoms with E-state index in [2.05, 4.69) is 0 Å². The second kappa shape index (κ2) is 4.69. The third kappa shape index (κ3) is 2.04. The number of hydrogen-bond donors (Lipinski definition) is 0. The van der Waals surface area contributed by atoms with Gasteiger partial charge in [0.15, 0.2) is 0 Å². The fourth-order valence-corrected chi connectivity index (χ4v) is 2.35. The van der Waals surface area contributed by atoms with Crippen molar-refractivity contribution in [2.75, 3.05) is 11.4 Å². The predicted molar refractivity (Wildman–Crippen MR) is 70.3 cm³/mol. The zero-order chi connectivity index (χ0) is 12.4. The highest BCUT2D eigenvalue weighted by Gasteiger charge is 2.19. The van der Waals surface area contributed by atoms with E-state index < -0.39 is 0 Å². The first-order chi connectivity index (χ1) is 8.84. The van der Waals surface area contributed by atoms with Crippen molar-refractivity contribution in [2.45, 2.75) is 19.3 Å². The number of anilines is 1. The molecule has 2 aromatic rings. The quantitative estimate of drug-likeness (QED) is 0.806. The van der Waals surface area contributed by atoms with Crippen molar-refractivity contribution >= 4 is 11.6 Å².